The van der Waals surface area contributed by atoms with Gasteiger partial charge in [-0.15, -0.1) is 0 Å². The smallest absolute Gasteiger partial charge is 0.222 e. The lowest BCUT2D eigenvalue weighted by Crippen LogP contribution is -2.00. The Morgan fingerprint density at radius 2 is 1.85 bits per heavy atom. The van der Waals surface area contributed by atoms with Crippen LogP contribution < -0.4 is 11.1 Å². The monoisotopic (exact) mass is 348 g/mol. The van der Waals surface area contributed by atoms with Gasteiger partial charge in [0.2, 0.25) is 5.95 Å². The van der Waals surface area contributed by atoms with Gasteiger partial charge in [0.15, 0.2) is 5.82 Å². The lowest BCUT2D eigenvalue weighted by molar-refractivity contribution is 1.19. The third-order valence-electron chi connectivity index (χ3n) is 2.89. The summed E-state index contributed by atoms with van der Waals surface area (Å²) in [6.07, 6.45) is 1.48. The van der Waals surface area contributed by atoms with Crippen molar-refractivity contribution >= 4 is 55.8 Å². The Kier molecular flexibility index (Phi) is 3.46. The summed E-state index contributed by atoms with van der Waals surface area (Å²) >= 11 is 9.62. The molecular formula is C14H10BrClN4. The Hall–Kier alpha value is -1.85. The fourth-order valence-corrected chi connectivity index (χ4v) is 2.58. The minimum absolute atomic E-state index is 0.179. The van der Waals surface area contributed by atoms with E-state index >= 15 is 0 Å². The number of rotatable bonds is 2. The first-order valence-corrected chi connectivity index (χ1v) is 7.04. The number of hydrogen-bond acceptors (Lipinski definition) is 4. The molecule has 0 amide bonds. The molecule has 4 nitrogen and oxygen atoms in total. The van der Waals surface area contributed by atoms with E-state index < -0.39 is 0 Å². The van der Waals surface area contributed by atoms with E-state index in [2.05, 4.69) is 31.2 Å². The second kappa shape index (κ2) is 5.26. The summed E-state index contributed by atoms with van der Waals surface area (Å²) < 4.78 is 1.03. The third-order valence-corrected chi connectivity index (χ3v) is 3.85. The molecule has 0 aliphatic heterocycles. The lowest BCUT2D eigenvalue weighted by Gasteiger charge is -2.11. The van der Waals surface area contributed by atoms with Crippen LogP contribution in [0.3, 0.4) is 0 Å². The maximum Gasteiger partial charge on any atom is 0.222 e. The molecule has 20 heavy (non-hydrogen) atoms. The number of halogens is 2. The SMILES string of the molecule is Nc1ncc(Cl)c(Nc2ccc(Br)c3ccccc23)n1. The molecule has 3 aromatic rings. The quantitative estimate of drug-likeness (QED) is 0.721. The number of anilines is 3. The van der Waals surface area contributed by atoms with Crippen LogP contribution in [0.1, 0.15) is 0 Å². The van der Waals surface area contributed by atoms with Gasteiger partial charge >= 0.3 is 0 Å². The van der Waals surface area contributed by atoms with E-state index in [9.17, 15) is 0 Å². The number of aromatic nitrogens is 2. The summed E-state index contributed by atoms with van der Waals surface area (Å²) in [6.45, 7) is 0. The van der Waals surface area contributed by atoms with Crippen molar-refractivity contribution in [1.82, 2.24) is 9.97 Å². The third kappa shape index (κ3) is 2.42. The van der Waals surface area contributed by atoms with Crippen molar-refractivity contribution in [3.05, 3.63) is 52.1 Å². The fourth-order valence-electron chi connectivity index (χ4n) is 1.97. The minimum atomic E-state index is 0.179. The van der Waals surface area contributed by atoms with E-state index in [4.69, 9.17) is 17.3 Å². The highest BCUT2D eigenvalue weighted by Gasteiger charge is 2.08. The Labute approximate surface area is 129 Å². The van der Waals surface area contributed by atoms with Gasteiger partial charge in [0.25, 0.3) is 0 Å². The van der Waals surface area contributed by atoms with Crippen molar-refractivity contribution in [2.45, 2.75) is 0 Å². The molecule has 100 valence electrons. The molecule has 0 bridgehead atoms. The van der Waals surface area contributed by atoms with Gasteiger partial charge in [-0.3, -0.25) is 0 Å². The van der Waals surface area contributed by atoms with Crippen LogP contribution in [0.5, 0.6) is 0 Å². The number of nitrogen functional groups attached to an aromatic ring is 1. The van der Waals surface area contributed by atoms with Crippen molar-refractivity contribution in [3.8, 4) is 0 Å². The Bertz CT molecular complexity index is 791. The molecule has 2 aromatic carbocycles. The second-order valence-electron chi connectivity index (χ2n) is 4.19. The van der Waals surface area contributed by atoms with Gasteiger partial charge in [0.05, 0.1) is 6.20 Å². The molecule has 3 rings (SSSR count). The van der Waals surface area contributed by atoms with E-state index in [1.54, 1.807) is 0 Å². The van der Waals surface area contributed by atoms with Gasteiger partial charge in [-0.2, -0.15) is 4.98 Å². The van der Waals surface area contributed by atoms with Crippen molar-refractivity contribution in [1.29, 1.82) is 0 Å². The predicted molar refractivity (Wildman–Crippen MR) is 86.4 cm³/mol. The first-order valence-electron chi connectivity index (χ1n) is 5.87. The Morgan fingerprint density at radius 1 is 1.10 bits per heavy atom. The van der Waals surface area contributed by atoms with Gasteiger partial charge in [-0.25, -0.2) is 4.98 Å². The molecule has 1 heterocycles. The average Bonchev–Trinajstić information content (AvgIpc) is 2.46. The molecule has 0 unspecified atom stereocenters. The molecule has 0 saturated heterocycles. The number of hydrogen-bond donors (Lipinski definition) is 2. The molecular weight excluding hydrogens is 340 g/mol. The zero-order valence-electron chi connectivity index (χ0n) is 10.3. The summed E-state index contributed by atoms with van der Waals surface area (Å²) in [5.74, 6) is 0.671. The Morgan fingerprint density at radius 3 is 2.65 bits per heavy atom. The van der Waals surface area contributed by atoms with Crippen LogP contribution in [0.15, 0.2) is 47.1 Å². The molecule has 0 aliphatic rings. The molecule has 3 N–H and O–H groups in total. The van der Waals surface area contributed by atoms with E-state index in [1.165, 1.54) is 6.20 Å². The number of nitrogens with two attached hydrogens (primary N) is 1. The topological polar surface area (TPSA) is 63.8 Å². The largest absolute Gasteiger partial charge is 0.368 e. The molecule has 0 aliphatic carbocycles. The molecule has 0 fully saturated rings. The van der Waals surface area contributed by atoms with Crippen molar-refractivity contribution < 1.29 is 0 Å². The number of benzene rings is 2. The zero-order valence-corrected chi connectivity index (χ0v) is 12.6. The molecule has 0 atom stereocenters. The summed E-state index contributed by atoms with van der Waals surface area (Å²) in [5.41, 5.74) is 6.50. The van der Waals surface area contributed by atoms with Gasteiger partial charge in [0, 0.05) is 15.5 Å². The van der Waals surface area contributed by atoms with Crippen LogP contribution in [0.4, 0.5) is 17.5 Å². The highest BCUT2D eigenvalue weighted by Crippen LogP contribution is 2.32. The Balaban J connectivity index is 2.11. The highest BCUT2D eigenvalue weighted by atomic mass is 79.9. The van der Waals surface area contributed by atoms with E-state index in [0.717, 1.165) is 20.9 Å². The maximum atomic E-state index is 6.08. The maximum absolute atomic E-state index is 6.08. The van der Waals surface area contributed by atoms with Crippen LogP contribution in [0, 0.1) is 0 Å². The minimum Gasteiger partial charge on any atom is -0.368 e. The first kappa shape index (κ1) is 13.1. The lowest BCUT2D eigenvalue weighted by atomic mass is 10.1. The normalized spacial score (nSPS) is 10.7. The molecule has 0 saturated carbocycles. The van der Waals surface area contributed by atoms with Crippen LogP contribution in [0.25, 0.3) is 10.8 Å². The zero-order chi connectivity index (χ0) is 14.1. The molecule has 6 heteroatoms. The van der Waals surface area contributed by atoms with E-state index in [-0.39, 0.29) is 5.95 Å². The fraction of sp³-hybridized carbons (Fsp3) is 0. The molecule has 0 spiro atoms. The van der Waals surface area contributed by atoms with Gasteiger partial charge in [-0.1, -0.05) is 51.8 Å². The van der Waals surface area contributed by atoms with Gasteiger partial charge in [-0.05, 0) is 17.5 Å². The van der Waals surface area contributed by atoms with Crippen LogP contribution in [0.2, 0.25) is 5.02 Å². The number of nitrogens with zero attached hydrogens (tertiary/aromatic N) is 2. The average molecular weight is 350 g/mol. The van der Waals surface area contributed by atoms with Gasteiger partial charge in [0.1, 0.15) is 5.02 Å². The molecule has 1 aromatic heterocycles. The second-order valence-corrected chi connectivity index (χ2v) is 5.45. The standard InChI is InChI=1S/C14H10BrClN4/c15-10-5-6-12(9-4-2-1-3-8(9)10)19-13-11(16)7-18-14(17)20-13/h1-7H,(H3,17,18,19,20). The van der Waals surface area contributed by atoms with E-state index in [0.29, 0.717) is 10.8 Å². The summed E-state index contributed by atoms with van der Waals surface area (Å²) in [4.78, 5) is 7.95. The number of fused-ring (bicyclic) bond motifs is 1. The summed E-state index contributed by atoms with van der Waals surface area (Å²) in [5, 5.41) is 5.79. The van der Waals surface area contributed by atoms with Crippen molar-refractivity contribution in [2.75, 3.05) is 11.1 Å². The van der Waals surface area contributed by atoms with Crippen LogP contribution >= 0.6 is 27.5 Å². The predicted octanol–water partition coefficient (Wildman–Crippen LogP) is 4.37. The van der Waals surface area contributed by atoms with Crippen LogP contribution in [-0.4, -0.2) is 9.97 Å². The van der Waals surface area contributed by atoms with Crippen LogP contribution in [-0.2, 0) is 0 Å². The number of nitrogens with one attached hydrogen (secondary N) is 1. The van der Waals surface area contributed by atoms with Gasteiger partial charge < -0.3 is 11.1 Å². The van der Waals surface area contributed by atoms with Crippen molar-refractivity contribution in [3.63, 3.8) is 0 Å². The summed E-state index contributed by atoms with van der Waals surface area (Å²) in [6, 6.07) is 12.0. The first-order chi connectivity index (χ1) is 9.65. The highest BCUT2D eigenvalue weighted by molar-refractivity contribution is 9.10. The van der Waals surface area contributed by atoms with Crippen molar-refractivity contribution in [2.24, 2.45) is 0 Å². The van der Waals surface area contributed by atoms with E-state index in [1.807, 2.05) is 36.4 Å². The summed E-state index contributed by atoms with van der Waals surface area (Å²) in [7, 11) is 0. The molecule has 0 radical (unpaired) electrons.